The number of carbonyl (C=O) groups excluding carboxylic acids is 1. The van der Waals surface area contributed by atoms with Crippen molar-refractivity contribution in [1.29, 1.82) is 0 Å². The number of hydrogen-bond donors (Lipinski definition) is 0. The van der Waals surface area contributed by atoms with Crippen LogP contribution in [0.5, 0.6) is 0 Å². The quantitative estimate of drug-likeness (QED) is 0.725. The zero-order valence-electron chi connectivity index (χ0n) is 9.56. The molecule has 1 aromatic carbocycles. The van der Waals surface area contributed by atoms with Crippen LogP contribution in [0.25, 0.3) is 0 Å². The van der Waals surface area contributed by atoms with Crippen LogP contribution in [0.1, 0.15) is 18.9 Å². The lowest BCUT2D eigenvalue weighted by Gasteiger charge is -2.32. The van der Waals surface area contributed by atoms with Crippen molar-refractivity contribution in [2.45, 2.75) is 25.9 Å². The van der Waals surface area contributed by atoms with Gasteiger partial charge in [-0.15, -0.1) is 0 Å². The second kappa shape index (κ2) is 5.01. The van der Waals surface area contributed by atoms with Gasteiger partial charge in [-0.25, -0.2) is 0 Å². The maximum absolute atomic E-state index is 10.3. The van der Waals surface area contributed by atoms with Gasteiger partial charge >= 0.3 is 0 Å². The molecule has 0 radical (unpaired) electrons. The molecule has 1 atom stereocenters. The zero-order chi connectivity index (χ0) is 11.4. The number of aryl methyl sites for hydroxylation is 1. The first kappa shape index (κ1) is 11.0. The molecular weight excluding hydrogens is 202 g/mol. The third-order valence-corrected chi connectivity index (χ3v) is 2.97. The van der Waals surface area contributed by atoms with E-state index in [0.29, 0.717) is 6.47 Å². The van der Waals surface area contributed by atoms with E-state index in [4.69, 9.17) is 4.74 Å². The van der Waals surface area contributed by atoms with Crippen LogP contribution in [0, 0.1) is 0 Å². The van der Waals surface area contributed by atoms with Gasteiger partial charge in [-0.1, -0.05) is 18.2 Å². The molecule has 0 N–H and O–H groups in total. The molecule has 16 heavy (non-hydrogen) atoms. The summed E-state index contributed by atoms with van der Waals surface area (Å²) in [5, 5.41) is 0. The zero-order valence-corrected chi connectivity index (χ0v) is 9.56. The van der Waals surface area contributed by atoms with E-state index in [1.54, 1.807) is 0 Å². The van der Waals surface area contributed by atoms with E-state index in [2.05, 4.69) is 29.2 Å². The van der Waals surface area contributed by atoms with E-state index in [1.165, 1.54) is 17.7 Å². The Balaban J connectivity index is 2.09. The third-order valence-electron chi connectivity index (χ3n) is 2.97. The molecule has 1 aromatic rings. The molecule has 1 heterocycles. The van der Waals surface area contributed by atoms with Gasteiger partial charge < -0.3 is 9.64 Å². The number of para-hydroxylation sites is 1. The SMILES string of the molecule is CC(CN1CCCc2ccccc21)OC=O. The van der Waals surface area contributed by atoms with Crippen LogP contribution in [-0.4, -0.2) is 25.7 Å². The van der Waals surface area contributed by atoms with Gasteiger partial charge in [-0.3, -0.25) is 4.79 Å². The minimum Gasteiger partial charge on any atom is -0.463 e. The van der Waals surface area contributed by atoms with Gasteiger partial charge in [-0.05, 0) is 31.4 Å². The molecule has 0 saturated heterocycles. The van der Waals surface area contributed by atoms with E-state index in [9.17, 15) is 4.79 Å². The third kappa shape index (κ3) is 2.35. The molecule has 0 saturated carbocycles. The monoisotopic (exact) mass is 219 g/mol. The van der Waals surface area contributed by atoms with Crippen molar-refractivity contribution in [1.82, 2.24) is 0 Å². The van der Waals surface area contributed by atoms with Gasteiger partial charge in [-0.2, -0.15) is 0 Å². The van der Waals surface area contributed by atoms with Crippen LogP contribution < -0.4 is 4.90 Å². The first-order valence-corrected chi connectivity index (χ1v) is 5.73. The Morgan fingerprint density at radius 1 is 1.50 bits per heavy atom. The molecule has 0 fully saturated rings. The minimum absolute atomic E-state index is 0.0522. The lowest BCUT2D eigenvalue weighted by Crippen LogP contribution is -2.36. The van der Waals surface area contributed by atoms with Crippen molar-refractivity contribution in [3.63, 3.8) is 0 Å². The molecule has 1 aliphatic heterocycles. The molecule has 2 rings (SSSR count). The summed E-state index contributed by atoms with van der Waals surface area (Å²) >= 11 is 0. The van der Waals surface area contributed by atoms with Crippen LogP contribution in [0.15, 0.2) is 24.3 Å². The Morgan fingerprint density at radius 3 is 3.12 bits per heavy atom. The van der Waals surface area contributed by atoms with Crippen molar-refractivity contribution in [2.75, 3.05) is 18.0 Å². The highest BCUT2D eigenvalue weighted by molar-refractivity contribution is 5.55. The fourth-order valence-corrected chi connectivity index (χ4v) is 2.25. The Morgan fingerprint density at radius 2 is 2.31 bits per heavy atom. The van der Waals surface area contributed by atoms with E-state index in [-0.39, 0.29) is 6.10 Å². The van der Waals surface area contributed by atoms with Crippen molar-refractivity contribution < 1.29 is 9.53 Å². The Bertz CT molecular complexity index is 365. The van der Waals surface area contributed by atoms with Crippen molar-refractivity contribution in [2.24, 2.45) is 0 Å². The maximum Gasteiger partial charge on any atom is 0.293 e. The normalized spacial score (nSPS) is 16.4. The van der Waals surface area contributed by atoms with Gasteiger partial charge in [0, 0.05) is 12.2 Å². The molecule has 0 amide bonds. The van der Waals surface area contributed by atoms with E-state index < -0.39 is 0 Å². The number of anilines is 1. The molecule has 0 aliphatic carbocycles. The van der Waals surface area contributed by atoms with Crippen molar-refractivity contribution in [3.8, 4) is 0 Å². The molecule has 1 unspecified atom stereocenters. The number of rotatable bonds is 4. The van der Waals surface area contributed by atoms with E-state index in [1.807, 2.05) is 6.92 Å². The van der Waals surface area contributed by atoms with Crippen LogP contribution >= 0.6 is 0 Å². The average Bonchev–Trinajstić information content (AvgIpc) is 2.30. The molecular formula is C13H17NO2. The number of benzene rings is 1. The molecule has 1 aliphatic rings. The summed E-state index contributed by atoms with van der Waals surface area (Å²) in [6.07, 6.45) is 2.27. The predicted molar refractivity (Wildman–Crippen MR) is 63.6 cm³/mol. The fraction of sp³-hybridized carbons (Fsp3) is 0.462. The van der Waals surface area contributed by atoms with Crippen molar-refractivity contribution in [3.05, 3.63) is 29.8 Å². The summed E-state index contributed by atoms with van der Waals surface area (Å²) in [6.45, 7) is 4.27. The van der Waals surface area contributed by atoms with Crippen molar-refractivity contribution >= 4 is 12.2 Å². The first-order valence-electron chi connectivity index (χ1n) is 5.73. The second-order valence-electron chi connectivity index (χ2n) is 4.22. The van der Waals surface area contributed by atoms with Crippen LogP contribution in [0.4, 0.5) is 5.69 Å². The number of nitrogens with zero attached hydrogens (tertiary/aromatic N) is 1. The number of ether oxygens (including phenoxy) is 1. The number of hydrogen-bond acceptors (Lipinski definition) is 3. The standard InChI is InChI=1S/C13H17NO2/c1-11(16-10-15)9-14-8-4-6-12-5-2-3-7-13(12)14/h2-3,5,7,10-11H,4,6,8-9H2,1H3. The molecule has 3 nitrogen and oxygen atoms in total. The number of fused-ring (bicyclic) bond motifs is 1. The summed E-state index contributed by atoms with van der Waals surface area (Å²) in [5.41, 5.74) is 2.68. The van der Waals surface area contributed by atoms with Crippen LogP contribution in [-0.2, 0) is 16.0 Å². The Labute approximate surface area is 96.0 Å². The van der Waals surface area contributed by atoms with E-state index >= 15 is 0 Å². The first-order chi connectivity index (χ1) is 7.81. The summed E-state index contributed by atoms with van der Waals surface area (Å²) in [5.74, 6) is 0. The second-order valence-corrected chi connectivity index (χ2v) is 4.22. The summed E-state index contributed by atoms with van der Waals surface area (Å²) in [6, 6.07) is 8.45. The fourth-order valence-electron chi connectivity index (χ4n) is 2.25. The largest absolute Gasteiger partial charge is 0.463 e. The number of carbonyl (C=O) groups is 1. The Kier molecular flexibility index (Phi) is 3.44. The molecule has 86 valence electrons. The highest BCUT2D eigenvalue weighted by Gasteiger charge is 2.18. The highest BCUT2D eigenvalue weighted by atomic mass is 16.5. The molecule has 3 heteroatoms. The summed E-state index contributed by atoms with van der Waals surface area (Å²) < 4.78 is 4.94. The molecule has 0 spiro atoms. The molecule has 0 bridgehead atoms. The highest BCUT2D eigenvalue weighted by Crippen LogP contribution is 2.26. The lowest BCUT2D eigenvalue weighted by atomic mass is 10.0. The summed E-state index contributed by atoms with van der Waals surface area (Å²) in [7, 11) is 0. The smallest absolute Gasteiger partial charge is 0.293 e. The maximum atomic E-state index is 10.3. The van der Waals surface area contributed by atoms with Crippen LogP contribution in [0.3, 0.4) is 0 Å². The summed E-state index contributed by atoms with van der Waals surface area (Å²) in [4.78, 5) is 12.6. The average molecular weight is 219 g/mol. The van der Waals surface area contributed by atoms with Gasteiger partial charge in [0.25, 0.3) is 6.47 Å². The van der Waals surface area contributed by atoms with E-state index in [0.717, 1.165) is 19.5 Å². The minimum atomic E-state index is -0.0522. The topological polar surface area (TPSA) is 29.5 Å². The lowest BCUT2D eigenvalue weighted by molar-refractivity contribution is -0.132. The molecule has 0 aromatic heterocycles. The van der Waals surface area contributed by atoms with Gasteiger partial charge in [0.05, 0.1) is 6.54 Å². The van der Waals surface area contributed by atoms with Gasteiger partial charge in [0.2, 0.25) is 0 Å². The van der Waals surface area contributed by atoms with Gasteiger partial charge in [0.15, 0.2) is 0 Å². The van der Waals surface area contributed by atoms with Crippen LogP contribution in [0.2, 0.25) is 0 Å². The predicted octanol–water partition coefficient (Wildman–Crippen LogP) is 2.00. The Hall–Kier alpha value is -1.51. The van der Waals surface area contributed by atoms with Gasteiger partial charge in [0.1, 0.15) is 6.10 Å².